The molecule has 2 fully saturated rings. The van der Waals surface area contributed by atoms with Gasteiger partial charge in [0.15, 0.2) is 0 Å². The number of aliphatic carboxylic acids is 1. The van der Waals surface area contributed by atoms with Crippen LogP contribution >= 0.6 is 0 Å². The van der Waals surface area contributed by atoms with Gasteiger partial charge in [-0.25, -0.2) is 4.79 Å². The molecule has 2 saturated heterocycles. The molecule has 2 rings (SSSR count). The Labute approximate surface area is 101 Å². The van der Waals surface area contributed by atoms with E-state index in [1.54, 1.807) is 4.90 Å². The van der Waals surface area contributed by atoms with E-state index in [-0.39, 0.29) is 17.9 Å². The average molecular weight is 240 g/mol. The largest absolute Gasteiger partial charge is 0.480 e. The Balaban J connectivity index is 2.10. The number of nitrogens with zero attached hydrogens (tertiary/aromatic N) is 1. The minimum absolute atomic E-state index is 0.0273. The molecule has 0 radical (unpaired) electrons. The summed E-state index contributed by atoms with van der Waals surface area (Å²) in [7, 11) is 0. The summed E-state index contributed by atoms with van der Waals surface area (Å²) in [4.78, 5) is 24.9. The lowest BCUT2D eigenvalue weighted by molar-refractivity contribution is -0.149. The van der Waals surface area contributed by atoms with Crippen molar-refractivity contribution in [3.05, 3.63) is 0 Å². The van der Waals surface area contributed by atoms with Crippen LogP contribution in [0.3, 0.4) is 0 Å². The SMILES string of the molecule is CC(C)C[C@H](C(=O)O)N1C[C@H]2CCN[C@H]2C1=O. The van der Waals surface area contributed by atoms with Gasteiger partial charge in [0.25, 0.3) is 0 Å². The minimum atomic E-state index is -0.882. The molecule has 1 amide bonds. The van der Waals surface area contributed by atoms with Gasteiger partial charge < -0.3 is 15.3 Å². The van der Waals surface area contributed by atoms with Crippen molar-refractivity contribution >= 4 is 11.9 Å². The maximum Gasteiger partial charge on any atom is 0.326 e. The lowest BCUT2D eigenvalue weighted by atomic mass is 10.0. The number of rotatable bonds is 4. The van der Waals surface area contributed by atoms with Crippen molar-refractivity contribution in [3.63, 3.8) is 0 Å². The average Bonchev–Trinajstić information content (AvgIpc) is 2.78. The zero-order chi connectivity index (χ0) is 12.6. The van der Waals surface area contributed by atoms with Crippen LogP contribution in [-0.4, -0.2) is 47.1 Å². The molecule has 5 nitrogen and oxygen atoms in total. The Morgan fingerprint density at radius 3 is 2.82 bits per heavy atom. The Kier molecular flexibility index (Phi) is 3.38. The van der Waals surface area contributed by atoms with E-state index >= 15 is 0 Å². The van der Waals surface area contributed by atoms with Crippen LogP contribution in [-0.2, 0) is 9.59 Å². The second-order valence-electron chi connectivity index (χ2n) is 5.45. The number of carboxylic acid groups (broad SMARTS) is 1. The molecule has 0 saturated carbocycles. The molecule has 5 heteroatoms. The van der Waals surface area contributed by atoms with Crippen LogP contribution in [0.2, 0.25) is 0 Å². The van der Waals surface area contributed by atoms with Gasteiger partial charge in [0.1, 0.15) is 6.04 Å². The topological polar surface area (TPSA) is 69.6 Å². The zero-order valence-corrected chi connectivity index (χ0v) is 10.3. The van der Waals surface area contributed by atoms with Gasteiger partial charge in [0, 0.05) is 12.5 Å². The maximum atomic E-state index is 12.1. The summed E-state index contributed by atoms with van der Waals surface area (Å²) < 4.78 is 0. The van der Waals surface area contributed by atoms with Crippen molar-refractivity contribution in [2.24, 2.45) is 11.8 Å². The van der Waals surface area contributed by atoms with Crippen LogP contribution in [0.4, 0.5) is 0 Å². The Morgan fingerprint density at radius 1 is 1.59 bits per heavy atom. The second-order valence-corrected chi connectivity index (χ2v) is 5.45. The fourth-order valence-electron chi connectivity index (χ4n) is 2.85. The predicted octanol–water partition coefficient (Wildman–Crippen LogP) is 0.306. The van der Waals surface area contributed by atoms with Crippen molar-refractivity contribution in [2.45, 2.75) is 38.8 Å². The van der Waals surface area contributed by atoms with Gasteiger partial charge in [-0.2, -0.15) is 0 Å². The van der Waals surface area contributed by atoms with Gasteiger partial charge in [-0.05, 0) is 25.3 Å². The second kappa shape index (κ2) is 4.64. The van der Waals surface area contributed by atoms with Crippen molar-refractivity contribution in [2.75, 3.05) is 13.1 Å². The van der Waals surface area contributed by atoms with Gasteiger partial charge in [-0.3, -0.25) is 4.79 Å². The van der Waals surface area contributed by atoms with Gasteiger partial charge in [0.2, 0.25) is 5.91 Å². The summed E-state index contributed by atoms with van der Waals surface area (Å²) in [6.07, 6.45) is 1.50. The first-order valence-corrected chi connectivity index (χ1v) is 6.27. The van der Waals surface area contributed by atoms with E-state index in [0.29, 0.717) is 18.9 Å². The third-order valence-corrected chi connectivity index (χ3v) is 3.69. The van der Waals surface area contributed by atoms with Gasteiger partial charge in [-0.1, -0.05) is 13.8 Å². The molecule has 17 heavy (non-hydrogen) atoms. The summed E-state index contributed by atoms with van der Waals surface area (Å²) in [5, 5.41) is 12.4. The highest BCUT2D eigenvalue weighted by Crippen LogP contribution is 2.29. The molecule has 0 aromatic heterocycles. The van der Waals surface area contributed by atoms with E-state index in [1.807, 2.05) is 13.8 Å². The van der Waals surface area contributed by atoms with Crippen LogP contribution in [0.15, 0.2) is 0 Å². The van der Waals surface area contributed by atoms with Crippen molar-refractivity contribution in [1.29, 1.82) is 0 Å². The smallest absolute Gasteiger partial charge is 0.326 e. The zero-order valence-electron chi connectivity index (χ0n) is 10.3. The third-order valence-electron chi connectivity index (χ3n) is 3.69. The van der Waals surface area contributed by atoms with Gasteiger partial charge >= 0.3 is 5.97 Å². The van der Waals surface area contributed by atoms with Crippen LogP contribution in [0, 0.1) is 11.8 Å². The molecule has 3 atom stereocenters. The lowest BCUT2D eigenvalue weighted by Gasteiger charge is -2.26. The summed E-state index contributed by atoms with van der Waals surface area (Å²) in [6.45, 7) is 5.43. The molecule has 2 heterocycles. The summed E-state index contributed by atoms with van der Waals surface area (Å²) in [5.41, 5.74) is 0. The highest BCUT2D eigenvalue weighted by Gasteiger charge is 2.46. The van der Waals surface area contributed by atoms with E-state index in [2.05, 4.69) is 5.32 Å². The number of fused-ring (bicyclic) bond motifs is 1. The first-order valence-electron chi connectivity index (χ1n) is 6.27. The maximum absolute atomic E-state index is 12.1. The molecule has 2 aliphatic heterocycles. The van der Waals surface area contributed by atoms with Crippen molar-refractivity contribution in [3.8, 4) is 0 Å². The monoisotopic (exact) mass is 240 g/mol. The third kappa shape index (κ3) is 2.29. The van der Waals surface area contributed by atoms with E-state index in [9.17, 15) is 14.7 Å². The molecular formula is C12H20N2O3. The normalized spacial score (nSPS) is 29.8. The van der Waals surface area contributed by atoms with Crippen LogP contribution < -0.4 is 5.32 Å². The number of amides is 1. The fraction of sp³-hybridized carbons (Fsp3) is 0.833. The quantitative estimate of drug-likeness (QED) is 0.742. The van der Waals surface area contributed by atoms with E-state index in [0.717, 1.165) is 13.0 Å². The molecule has 0 aliphatic carbocycles. The molecule has 2 aliphatic rings. The number of carboxylic acids is 1. The number of carbonyl (C=O) groups excluding carboxylic acids is 1. The highest BCUT2D eigenvalue weighted by molar-refractivity contribution is 5.89. The fourth-order valence-corrected chi connectivity index (χ4v) is 2.85. The molecule has 0 bridgehead atoms. The van der Waals surface area contributed by atoms with E-state index < -0.39 is 12.0 Å². The summed E-state index contributed by atoms with van der Waals surface area (Å²) in [6, 6.07) is -0.793. The van der Waals surface area contributed by atoms with Gasteiger partial charge in [0.05, 0.1) is 6.04 Å². The molecule has 96 valence electrons. The molecule has 0 spiro atoms. The predicted molar refractivity (Wildman–Crippen MR) is 62.5 cm³/mol. The van der Waals surface area contributed by atoms with Crippen molar-refractivity contribution in [1.82, 2.24) is 10.2 Å². The molecule has 0 aromatic rings. The van der Waals surface area contributed by atoms with Crippen LogP contribution in [0.25, 0.3) is 0 Å². The lowest BCUT2D eigenvalue weighted by Crippen LogP contribution is -2.46. The van der Waals surface area contributed by atoms with Crippen LogP contribution in [0.1, 0.15) is 26.7 Å². The summed E-state index contributed by atoms with van der Waals surface area (Å²) in [5.74, 6) is -0.332. The number of carbonyl (C=O) groups is 2. The Bertz CT molecular complexity index is 330. The first-order chi connectivity index (χ1) is 8.00. The standard InChI is InChI=1S/C12H20N2O3/c1-7(2)5-9(12(16)17)14-6-8-3-4-13-10(8)11(14)15/h7-10,13H,3-6H2,1-2H3,(H,16,17)/t8-,9-,10-/m1/s1. The van der Waals surface area contributed by atoms with Crippen LogP contribution in [0.5, 0.6) is 0 Å². The van der Waals surface area contributed by atoms with Gasteiger partial charge in [-0.15, -0.1) is 0 Å². The molecule has 2 N–H and O–H groups in total. The Morgan fingerprint density at radius 2 is 2.29 bits per heavy atom. The van der Waals surface area contributed by atoms with E-state index in [4.69, 9.17) is 0 Å². The van der Waals surface area contributed by atoms with E-state index in [1.165, 1.54) is 0 Å². The molecular weight excluding hydrogens is 220 g/mol. The first kappa shape index (κ1) is 12.4. The molecule has 0 unspecified atom stereocenters. The number of likely N-dealkylation sites (tertiary alicyclic amines) is 1. The Hall–Kier alpha value is -1.10. The number of nitrogens with one attached hydrogen (secondary N) is 1. The number of hydrogen-bond acceptors (Lipinski definition) is 3. The number of hydrogen-bond donors (Lipinski definition) is 2. The minimum Gasteiger partial charge on any atom is -0.480 e. The summed E-state index contributed by atoms with van der Waals surface area (Å²) >= 11 is 0. The van der Waals surface area contributed by atoms with Crippen molar-refractivity contribution < 1.29 is 14.7 Å². The highest BCUT2D eigenvalue weighted by atomic mass is 16.4. The molecule has 0 aromatic carbocycles.